The highest BCUT2D eigenvalue weighted by atomic mass is 32.2. The van der Waals surface area contributed by atoms with Crippen LogP contribution in [0.4, 0.5) is 5.69 Å². The van der Waals surface area contributed by atoms with Crippen molar-refractivity contribution in [2.45, 2.75) is 31.8 Å². The van der Waals surface area contributed by atoms with Crippen LogP contribution in [0.2, 0.25) is 0 Å². The van der Waals surface area contributed by atoms with Gasteiger partial charge >= 0.3 is 5.97 Å². The van der Waals surface area contributed by atoms with Crippen LogP contribution < -0.4 is 5.32 Å². The minimum atomic E-state index is -0.460. The van der Waals surface area contributed by atoms with E-state index < -0.39 is 5.97 Å². The van der Waals surface area contributed by atoms with E-state index in [0.717, 1.165) is 11.3 Å². The topological polar surface area (TPSA) is 122 Å². The number of nitriles is 1. The molecule has 0 atom stereocenters. The number of nitrogens with one attached hydrogen (secondary N) is 1. The number of hydrogen-bond acceptors (Lipinski definition) is 8. The fraction of sp³-hybridized carbons (Fsp3) is 0.300. The molecule has 1 aromatic carbocycles. The molecule has 1 amide bonds. The Hall–Kier alpha value is -3.45. The van der Waals surface area contributed by atoms with E-state index in [1.54, 1.807) is 28.8 Å². The first-order chi connectivity index (χ1) is 14.4. The van der Waals surface area contributed by atoms with Crippen molar-refractivity contribution in [1.82, 2.24) is 19.6 Å². The standard InChI is InChI=1S/C20H20N6O3S/c1-12-15(13(2)26-19(22-12)24-20(25-26)30-3)10-18(28)29-9-8-17(27)23-16-7-5-4-6-14(16)11-21/h4-7H,8-10H2,1-3H3,(H,23,27). The second kappa shape index (κ2) is 9.37. The van der Waals surface area contributed by atoms with Crippen molar-refractivity contribution in [3.63, 3.8) is 0 Å². The van der Waals surface area contributed by atoms with Gasteiger partial charge in [0.2, 0.25) is 11.1 Å². The summed E-state index contributed by atoms with van der Waals surface area (Å²) in [6.45, 7) is 3.60. The lowest BCUT2D eigenvalue weighted by molar-refractivity contribution is -0.143. The number of fused-ring (bicyclic) bond motifs is 1. The first kappa shape index (κ1) is 21.3. The Morgan fingerprint density at radius 1 is 1.27 bits per heavy atom. The van der Waals surface area contributed by atoms with Crippen LogP contribution >= 0.6 is 11.8 Å². The van der Waals surface area contributed by atoms with Crippen molar-refractivity contribution in [2.24, 2.45) is 0 Å². The van der Waals surface area contributed by atoms with Crippen LogP contribution in [0.3, 0.4) is 0 Å². The van der Waals surface area contributed by atoms with E-state index in [9.17, 15) is 9.59 Å². The monoisotopic (exact) mass is 424 g/mol. The Labute approximate surface area is 177 Å². The van der Waals surface area contributed by atoms with Crippen molar-refractivity contribution >= 4 is 35.1 Å². The molecule has 10 heteroatoms. The summed E-state index contributed by atoms with van der Waals surface area (Å²) in [6, 6.07) is 8.71. The number of rotatable bonds is 7. The third kappa shape index (κ3) is 4.75. The Morgan fingerprint density at radius 3 is 2.77 bits per heavy atom. The lowest BCUT2D eigenvalue weighted by Gasteiger charge is -2.10. The van der Waals surface area contributed by atoms with Crippen LogP contribution in [0.1, 0.15) is 28.9 Å². The van der Waals surface area contributed by atoms with Crippen LogP contribution in [0.5, 0.6) is 0 Å². The van der Waals surface area contributed by atoms with Gasteiger partial charge in [0.25, 0.3) is 5.78 Å². The second-order valence-electron chi connectivity index (χ2n) is 6.42. The summed E-state index contributed by atoms with van der Waals surface area (Å²) >= 11 is 1.42. The molecule has 0 unspecified atom stereocenters. The number of hydrogen-bond donors (Lipinski definition) is 1. The Kier molecular flexibility index (Phi) is 6.64. The zero-order chi connectivity index (χ0) is 21.7. The Balaban J connectivity index is 1.57. The van der Waals surface area contributed by atoms with Crippen molar-refractivity contribution in [3.8, 4) is 6.07 Å². The molecule has 0 aliphatic rings. The van der Waals surface area contributed by atoms with Gasteiger partial charge in [-0.25, -0.2) is 9.50 Å². The van der Waals surface area contributed by atoms with Crippen LogP contribution in [-0.4, -0.2) is 44.3 Å². The van der Waals surface area contributed by atoms with E-state index in [0.29, 0.717) is 27.9 Å². The summed E-state index contributed by atoms with van der Waals surface area (Å²) in [5, 5.41) is 16.7. The SMILES string of the molecule is CSc1nc2nc(C)c(CC(=O)OCCC(=O)Nc3ccccc3C#N)c(C)n2n1. The van der Waals surface area contributed by atoms with Gasteiger partial charge < -0.3 is 10.1 Å². The number of amides is 1. The normalized spacial score (nSPS) is 10.6. The van der Waals surface area contributed by atoms with E-state index >= 15 is 0 Å². The molecular formula is C20H20N6O3S. The number of carbonyl (C=O) groups is 2. The highest BCUT2D eigenvalue weighted by Gasteiger charge is 2.17. The van der Waals surface area contributed by atoms with Gasteiger partial charge in [-0.3, -0.25) is 9.59 Å². The van der Waals surface area contributed by atoms with Gasteiger partial charge in [-0.05, 0) is 32.2 Å². The van der Waals surface area contributed by atoms with Crippen molar-refractivity contribution in [3.05, 3.63) is 46.8 Å². The molecule has 2 heterocycles. The van der Waals surface area contributed by atoms with Gasteiger partial charge in [-0.15, -0.1) is 5.10 Å². The van der Waals surface area contributed by atoms with E-state index in [4.69, 9.17) is 10.00 Å². The smallest absolute Gasteiger partial charge is 0.310 e. The molecule has 3 rings (SSSR count). The number of nitrogens with zero attached hydrogens (tertiary/aromatic N) is 5. The van der Waals surface area contributed by atoms with Gasteiger partial charge in [-0.1, -0.05) is 23.9 Å². The Morgan fingerprint density at radius 2 is 2.03 bits per heavy atom. The molecule has 0 bridgehead atoms. The van der Waals surface area contributed by atoms with Crippen molar-refractivity contribution in [2.75, 3.05) is 18.2 Å². The lowest BCUT2D eigenvalue weighted by Crippen LogP contribution is -2.18. The summed E-state index contributed by atoms with van der Waals surface area (Å²) in [4.78, 5) is 33.1. The average molecular weight is 424 g/mol. The number of thioether (sulfide) groups is 1. The first-order valence-electron chi connectivity index (χ1n) is 9.14. The maximum Gasteiger partial charge on any atom is 0.310 e. The molecule has 154 valence electrons. The molecule has 2 aromatic heterocycles. The third-order valence-corrected chi connectivity index (χ3v) is 4.99. The first-order valence-corrected chi connectivity index (χ1v) is 10.4. The highest BCUT2D eigenvalue weighted by Crippen LogP contribution is 2.18. The molecule has 3 aromatic rings. The fourth-order valence-electron chi connectivity index (χ4n) is 2.89. The number of aromatic nitrogens is 4. The number of carbonyl (C=O) groups excluding carboxylic acids is 2. The number of anilines is 1. The van der Waals surface area contributed by atoms with E-state index in [-0.39, 0.29) is 25.4 Å². The number of para-hydroxylation sites is 1. The van der Waals surface area contributed by atoms with Gasteiger partial charge in [-0.2, -0.15) is 10.2 Å². The molecule has 0 radical (unpaired) electrons. The average Bonchev–Trinajstić information content (AvgIpc) is 3.14. The van der Waals surface area contributed by atoms with E-state index in [2.05, 4.69) is 20.4 Å². The van der Waals surface area contributed by atoms with Crippen LogP contribution in [0.25, 0.3) is 5.78 Å². The van der Waals surface area contributed by atoms with E-state index in [1.807, 2.05) is 26.2 Å². The largest absolute Gasteiger partial charge is 0.465 e. The quantitative estimate of drug-likeness (QED) is 0.453. The zero-order valence-electron chi connectivity index (χ0n) is 16.8. The number of esters is 1. The minimum Gasteiger partial charge on any atom is -0.465 e. The molecule has 1 N–H and O–H groups in total. The van der Waals surface area contributed by atoms with Gasteiger partial charge in [0.1, 0.15) is 12.7 Å². The predicted octanol–water partition coefficient (Wildman–Crippen LogP) is 2.45. The Bertz CT molecular complexity index is 1150. The molecule has 0 fully saturated rings. The predicted molar refractivity (Wildman–Crippen MR) is 111 cm³/mol. The number of ether oxygens (including phenoxy) is 1. The van der Waals surface area contributed by atoms with Gasteiger partial charge in [0.05, 0.1) is 24.1 Å². The summed E-state index contributed by atoms with van der Waals surface area (Å²) < 4.78 is 6.83. The molecule has 0 spiro atoms. The third-order valence-electron chi connectivity index (χ3n) is 4.45. The van der Waals surface area contributed by atoms with Gasteiger partial charge in [0, 0.05) is 17.0 Å². The molecule has 0 aliphatic carbocycles. The summed E-state index contributed by atoms with van der Waals surface area (Å²) in [5.41, 5.74) is 2.97. The lowest BCUT2D eigenvalue weighted by atomic mass is 10.1. The van der Waals surface area contributed by atoms with E-state index in [1.165, 1.54) is 11.8 Å². The maximum atomic E-state index is 12.3. The van der Waals surface area contributed by atoms with Crippen LogP contribution in [0.15, 0.2) is 29.4 Å². The van der Waals surface area contributed by atoms with Crippen LogP contribution in [0, 0.1) is 25.2 Å². The molecule has 0 saturated heterocycles. The molecule has 30 heavy (non-hydrogen) atoms. The van der Waals surface area contributed by atoms with Crippen LogP contribution in [-0.2, 0) is 20.7 Å². The van der Waals surface area contributed by atoms with Crippen molar-refractivity contribution in [1.29, 1.82) is 5.26 Å². The summed E-state index contributed by atoms with van der Waals surface area (Å²) in [7, 11) is 0. The number of benzene rings is 1. The molecule has 9 nitrogen and oxygen atoms in total. The zero-order valence-corrected chi connectivity index (χ0v) is 17.6. The highest BCUT2D eigenvalue weighted by molar-refractivity contribution is 7.98. The molecule has 0 aliphatic heterocycles. The van der Waals surface area contributed by atoms with Gasteiger partial charge in [0.15, 0.2) is 0 Å². The van der Waals surface area contributed by atoms with Crippen molar-refractivity contribution < 1.29 is 14.3 Å². The number of aryl methyl sites for hydroxylation is 2. The fourth-order valence-corrected chi connectivity index (χ4v) is 3.22. The second-order valence-corrected chi connectivity index (χ2v) is 7.20. The maximum absolute atomic E-state index is 12.3. The minimum absolute atomic E-state index is 0.0130. The molecule has 0 saturated carbocycles. The summed E-state index contributed by atoms with van der Waals surface area (Å²) in [5.74, 6) is -0.313. The summed E-state index contributed by atoms with van der Waals surface area (Å²) in [6.07, 6.45) is 1.89. The molecular weight excluding hydrogens is 404 g/mol.